The van der Waals surface area contributed by atoms with E-state index in [4.69, 9.17) is 4.74 Å². The highest BCUT2D eigenvalue weighted by Crippen LogP contribution is 2.19. The molecule has 2 aromatic rings. The third kappa shape index (κ3) is 8.46. The minimum atomic E-state index is -1.10. The number of carbonyl (C=O) groups is 4. The Balaban J connectivity index is 1.53. The number of aromatic nitrogens is 2. The highest BCUT2D eigenvalue weighted by atomic mass is 16.6. The molecule has 1 aromatic carbocycles. The molecule has 2 saturated heterocycles. The lowest BCUT2D eigenvalue weighted by Gasteiger charge is -2.35. The Morgan fingerprint density at radius 3 is 2.43 bits per heavy atom. The van der Waals surface area contributed by atoms with Gasteiger partial charge in [0.15, 0.2) is 5.82 Å². The number of nitrogens with zero attached hydrogens (tertiary/aromatic N) is 5. The highest BCUT2D eigenvalue weighted by Gasteiger charge is 2.31. The van der Waals surface area contributed by atoms with Crippen LogP contribution in [0.15, 0.2) is 36.4 Å². The molecular weight excluding hydrogens is 544 g/mol. The number of nitrogens with one attached hydrogen (secondary N) is 1. The lowest BCUT2D eigenvalue weighted by atomic mass is 10.1. The molecule has 2 aliphatic rings. The number of amides is 3. The first-order chi connectivity index (χ1) is 20.2. The van der Waals surface area contributed by atoms with Crippen LogP contribution >= 0.6 is 0 Å². The van der Waals surface area contributed by atoms with Gasteiger partial charge in [-0.1, -0.05) is 30.3 Å². The molecule has 4 rings (SSSR count). The van der Waals surface area contributed by atoms with E-state index < -0.39 is 36.0 Å². The number of aliphatic carboxylic acids is 1. The Hall–Kier alpha value is -4.10. The number of rotatable bonds is 10. The normalized spacial score (nSPS) is 18.3. The van der Waals surface area contributed by atoms with Crippen LogP contribution < -0.4 is 5.32 Å². The van der Waals surface area contributed by atoms with E-state index in [1.807, 2.05) is 30.3 Å². The zero-order valence-corrected chi connectivity index (χ0v) is 23.8. The number of piperidine rings is 1. The summed E-state index contributed by atoms with van der Waals surface area (Å²) in [4.78, 5) is 64.6. The van der Waals surface area contributed by atoms with Gasteiger partial charge in [-0.3, -0.25) is 19.3 Å². The van der Waals surface area contributed by atoms with Crippen LogP contribution in [0.4, 0.5) is 4.79 Å². The first-order valence-corrected chi connectivity index (χ1v) is 14.3. The second-order valence-corrected chi connectivity index (χ2v) is 10.4. The van der Waals surface area contributed by atoms with Crippen LogP contribution in [0.25, 0.3) is 11.4 Å². The Bertz CT molecular complexity index is 1250. The molecule has 13 nitrogen and oxygen atoms in total. The van der Waals surface area contributed by atoms with Gasteiger partial charge < -0.3 is 30.1 Å². The second kappa shape index (κ2) is 14.7. The summed E-state index contributed by atoms with van der Waals surface area (Å²) in [5.41, 5.74) is 1.35. The molecule has 2 atom stereocenters. The van der Waals surface area contributed by atoms with Crippen LogP contribution in [0.1, 0.15) is 48.8 Å². The maximum Gasteiger partial charge on any atom is 0.409 e. The third-order valence-corrected chi connectivity index (χ3v) is 7.28. The van der Waals surface area contributed by atoms with E-state index in [-0.39, 0.29) is 51.3 Å². The maximum atomic E-state index is 13.5. The molecule has 42 heavy (non-hydrogen) atoms. The van der Waals surface area contributed by atoms with Gasteiger partial charge in [-0.2, -0.15) is 0 Å². The van der Waals surface area contributed by atoms with Gasteiger partial charge >= 0.3 is 12.1 Å². The minimum absolute atomic E-state index is 0.0525. The van der Waals surface area contributed by atoms with Crippen LogP contribution in [0.2, 0.25) is 0 Å². The van der Waals surface area contributed by atoms with E-state index >= 15 is 0 Å². The molecule has 0 spiro atoms. The number of aliphatic hydroxyl groups excluding tert-OH is 1. The summed E-state index contributed by atoms with van der Waals surface area (Å²) < 4.78 is 5.03. The van der Waals surface area contributed by atoms with Crippen molar-refractivity contribution in [1.29, 1.82) is 0 Å². The fraction of sp³-hybridized carbons (Fsp3) is 0.517. The molecule has 1 unspecified atom stereocenters. The molecule has 0 bridgehead atoms. The summed E-state index contributed by atoms with van der Waals surface area (Å²) in [5.74, 6) is -1.79. The molecule has 2 fully saturated rings. The van der Waals surface area contributed by atoms with Gasteiger partial charge in [0.1, 0.15) is 11.7 Å². The summed E-state index contributed by atoms with van der Waals surface area (Å²) in [6.45, 7) is 4.66. The van der Waals surface area contributed by atoms with E-state index in [0.717, 1.165) is 19.4 Å². The average Bonchev–Trinajstić information content (AvgIpc) is 2.99. The van der Waals surface area contributed by atoms with E-state index in [1.165, 1.54) is 9.80 Å². The molecule has 0 saturated carbocycles. The molecule has 226 valence electrons. The molecule has 3 amide bonds. The number of aliphatic hydroxyl groups is 1. The maximum absolute atomic E-state index is 13.5. The third-order valence-electron chi connectivity index (χ3n) is 7.28. The zero-order valence-electron chi connectivity index (χ0n) is 23.8. The van der Waals surface area contributed by atoms with Gasteiger partial charge in [-0.25, -0.2) is 14.8 Å². The quantitative estimate of drug-likeness (QED) is 0.372. The van der Waals surface area contributed by atoms with Crippen molar-refractivity contribution in [2.45, 2.75) is 51.3 Å². The largest absolute Gasteiger partial charge is 0.481 e. The number of carbonyl (C=O) groups excluding carboxylic acids is 3. The van der Waals surface area contributed by atoms with Gasteiger partial charge in [-0.05, 0) is 38.8 Å². The summed E-state index contributed by atoms with van der Waals surface area (Å²) in [5, 5.41) is 22.1. The number of hydrogen-bond acceptors (Lipinski definition) is 9. The molecule has 3 N–H and O–H groups in total. The number of piperazine rings is 1. The van der Waals surface area contributed by atoms with Crippen LogP contribution in [0.5, 0.6) is 0 Å². The summed E-state index contributed by atoms with van der Waals surface area (Å²) in [6, 6.07) is 9.68. The van der Waals surface area contributed by atoms with Crippen LogP contribution in [0, 0.1) is 0 Å². The fourth-order valence-electron chi connectivity index (χ4n) is 5.12. The Kier molecular flexibility index (Phi) is 10.8. The smallest absolute Gasteiger partial charge is 0.409 e. The highest BCUT2D eigenvalue weighted by molar-refractivity contribution is 5.96. The topological polar surface area (TPSA) is 166 Å². The number of ether oxygens (including phenoxy) is 1. The van der Waals surface area contributed by atoms with Gasteiger partial charge in [0.05, 0.1) is 18.4 Å². The Morgan fingerprint density at radius 1 is 1.05 bits per heavy atom. The van der Waals surface area contributed by atoms with Crippen molar-refractivity contribution < 1.29 is 34.1 Å². The van der Waals surface area contributed by atoms with Crippen molar-refractivity contribution in [1.82, 2.24) is 30.0 Å². The standard InChI is InChI=1S/C29H38N6O7/c1-2-42-29(41)35-15-13-34(14-16-35)28(40)23(10-11-25(37)38)32-27(39)24-17-21(18-33-12-6-9-22(36)19-33)30-26(31-24)20-7-4-3-5-8-20/h3-5,7-8,17,22-23,36H,2,6,9-16,18-19H2,1H3,(H,32,39)(H,37,38)/t22?,23-/m0/s1. The number of carboxylic acid groups (broad SMARTS) is 1. The SMILES string of the molecule is CCOC(=O)N1CCN(C(=O)[C@H](CCC(=O)O)NC(=O)c2cc(CN3CCCC(O)C3)nc(-c3ccccc3)n2)CC1. The zero-order chi connectivity index (χ0) is 30.1. The monoisotopic (exact) mass is 582 g/mol. The van der Waals surface area contributed by atoms with Gasteiger partial charge in [0.2, 0.25) is 5.91 Å². The number of hydrogen-bond donors (Lipinski definition) is 3. The fourth-order valence-corrected chi connectivity index (χ4v) is 5.12. The summed E-state index contributed by atoms with van der Waals surface area (Å²) >= 11 is 0. The van der Waals surface area contributed by atoms with Crippen LogP contribution in [0.3, 0.4) is 0 Å². The summed E-state index contributed by atoms with van der Waals surface area (Å²) in [6.07, 6.45) is 0.304. The van der Waals surface area contributed by atoms with Crippen LogP contribution in [-0.4, -0.2) is 117 Å². The molecule has 0 radical (unpaired) electrons. The van der Waals surface area contributed by atoms with Gasteiger partial charge in [-0.15, -0.1) is 0 Å². The summed E-state index contributed by atoms with van der Waals surface area (Å²) in [7, 11) is 0. The number of β-amino-alcohol motifs (C(OH)–C–C–N with tert-alkyl or cyclic N) is 1. The number of benzene rings is 1. The van der Waals surface area contributed by atoms with Crippen LogP contribution in [-0.2, 0) is 20.9 Å². The second-order valence-electron chi connectivity index (χ2n) is 10.4. The van der Waals surface area contributed by atoms with Gasteiger partial charge in [0.25, 0.3) is 5.91 Å². The predicted octanol–water partition coefficient (Wildman–Crippen LogP) is 1.36. The minimum Gasteiger partial charge on any atom is -0.481 e. The predicted molar refractivity (Wildman–Crippen MR) is 151 cm³/mol. The van der Waals surface area contributed by atoms with E-state index in [0.29, 0.717) is 30.2 Å². The Labute approximate surface area is 244 Å². The van der Waals surface area contributed by atoms with Gasteiger partial charge in [0, 0.05) is 51.3 Å². The van der Waals surface area contributed by atoms with Crippen molar-refractivity contribution >= 4 is 23.9 Å². The van der Waals surface area contributed by atoms with E-state index in [1.54, 1.807) is 13.0 Å². The molecule has 3 heterocycles. The lowest BCUT2D eigenvalue weighted by molar-refractivity contribution is -0.138. The van der Waals surface area contributed by atoms with Crippen molar-refractivity contribution in [2.75, 3.05) is 45.9 Å². The molecular formula is C29H38N6O7. The Morgan fingerprint density at radius 2 is 1.76 bits per heavy atom. The van der Waals surface area contributed by atoms with Crippen molar-refractivity contribution in [2.24, 2.45) is 0 Å². The van der Waals surface area contributed by atoms with Crippen molar-refractivity contribution in [3.8, 4) is 11.4 Å². The first kappa shape index (κ1) is 30.8. The molecule has 1 aromatic heterocycles. The lowest BCUT2D eigenvalue weighted by Crippen LogP contribution is -2.56. The molecule has 2 aliphatic heterocycles. The van der Waals surface area contributed by atoms with E-state index in [9.17, 15) is 29.4 Å². The van der Waals surface area contributed by atoms with E-state index in [2.05, 4.69) is 20.2 Å². The van der Waals surface area contributed by atoms with Crippen molar-refractivity contribution in [3.63, 3.8) is 0 Å². The molecule has 13 heteroatoms. The average molecular weight is 583 g/mol. The number of carboxylic acids is 1. The van der Waals surface area contributed by atoms with Crippen molar-refractivity contribution in [3.05, 3.63) is 47.8 Å². The first-order valence-electron chi connectivity index (χ1n) is 14.3. The molecule has 0 aliphatic carbocycles. The number of likely N-dealkylation sites (tertiary alicyclic amines) is 1.